The number of hydrogen-bond donors (Lipinski definition) is 2. The maximum atomic E-state index is 8.49. The van der Waals surface area contributed by atoms with Crippen LogP contribution in [0.25, 0.3) is 0 Å². The molecule has 0 spiro atoms. The number of piperidine rings is 4. The first-order valence-corrected chi connectivity index (χ1v) is 12.2. The Balaban J connectivity index is 0.000000237. The van der Waals surface area contributed by atoms with Crippen LogP contribution in [0, 0.1) is 32.3 Å². The van der Waals surface area contributed by atoms with Gasteiger partial charge in [0.2, 0.25) is 0 Å². The van der Waals surface area contributed by atoms with Crippen LogP contribution in [-0.2, 0) is 0 Å². The second-order valence-electron chi connectivity index (χ2n) is 8.60. The van der Waals surface area contributed by atoms with Crippen LogP contribution in [-0.4, -0.2) is 37.8 Å². The summed E-state index contributed by atoms with van der Waals surface area (Å²) < 4.78 is 67.9. The zero-order valence-corrected chi connectivity index (χ0v) is 17.5. The van der Waals surface area contributed by atoms with Crippen LogP contribution >= 0.6 is 0 Å². The molecule has 0 saturated carbocycles. The molecule has 0 aliphatic carbocycles. The van der Waals surface area contributed by atoms with Crippen LogP contribution in [0.3, 0.4) is 0 Å². The summed E-state index contributed by atoms with van der Waals surface area (Å²) in [6.45, 7) is 8.63. The van der Waals surface area contributed by atoms with Gasteiger partial charge in [-0.15, -0.1) is 20.5 Å². The van der Waals surface area contributed by atoms with E-state index in [4.69, 9.17) is 37.3 Å². The minimum Gasteiger partial charge on any atom is -0.332 e. The number of rotatable bonds is 0. The third kappa shape index (κ3) is 7.46. The maximum Gasteiger partial charge on any atom is 0.103 e. The van der Waals surface area contributed by atoms with E-state index in [1.807, 2.05) is 9.80 Å². The summed E-state index contributed by atoms with van der Waals surface area (Å²) >= 11 is 0. The second kappa shape index (κ2) is 9.54. The normalized spacial score (nSPS) is 40.0. The quantitative estimate of drug-likeness (QED) is 0.364. The van der Waals surface area contributed by atoms with Gasteiger partial charge < -0.3 is 9.80 Å². The van der Waals surface area contributed by atoms with E-state index >= 15 is 0 Å². The van der Waals surface area contributed by atoms with Gasteiger partial charge in [-0.25, -0.2) is 37.3 Å². The van der Waals surface area contributed by atoms with Crippen molar-refractivity contribution >= 4 is 0 Å². The summed E-state index contributed by atoms with van der Waals surface area (Å²) in [5, 5.41) is 0. The molecule has 4 saturated heterocycles. The Bertz CT molecular complexity index is 480. The zero-order chi connectivity index (χ0) is 21.2. The Morgan fingerprint density at radius 3 is 1.96 bits per heavy atom. The number of quaternary nitrogens is 2. The van der Waals surface area contributed by atoms with Crippen molar-refractivity contribution in [1.29, 1.82) is 0 Å². The van der Waals surface area contributed by atoms with Gasteiger partial charge in [0.25, 0.3) is 0 Å². The van der Waals surface area contributed by atoms with E-state index in [2.05, 4.69) is 6.92 Å². The molecule has 2 N–H and O–H groups in total. The molecule has 2 bridgehead atoms. The molecule has 4 heterocycles. The molecule has 4 fully saturated rings. The highest BCUT2D eigenvalue weighted by Crippen LogP contribution is 2.35. The highest BCUT2D eigenvalue weighted by atomic mass is 35.7. The van der Waals surface area contributed by atoms with Crippen molar-refractivity contribution in [1.82, 2.24) is 0 Å². The third-order valence-electron chi connectivity index (χ3n) is 7.09. The van der Waals surface area contributed by atoms with Gasteiger partial charge in [0, 0.05) is 12.8 Å². The standard InChI is InChI=1S/C16H28N2.2ClHO4/c1-16-7-3-5-9-18(16)11-13-10-14(16)12-17-8-4-2-6-15(13)17;2*2-1(3,4)5/h13-15H,2-12H2,1H3;2*(H,2,3,4,5)/t13-,14-,15-,16+;;/m0../s1. The fraction of sp³-hybridized carbons (Fsp3) is 1.00. The van der Waals surface area contributed by atoms with Crippen molar-refractivity contribution in [2.24, 2.45) is 11.8 Å². The smallest absolute Gasteiger partial charge is 0.103 e. The Labute approximate surface area is 169 Å². The molecule has 0 aromatic rings. The maximum absolute atomic E-state index is 8.49. The lowest BCUT2D eigenvalue weighted by Gasteiger charge is -2.57. The summed E-state index contributed by atoms with van der Waals surface area (Å²) in [4.78, 5) is 4.01. The van der Waals surface area contributed by atoms with Crippen LogP contribution in [0.4, 0.5) is 0 Å². The average molecular weight is 449 g/mol. The van der Waals surface area contributed by atoms with E-state index < -0.39 is 20.5 Å². The van der Waals surface area contributed by atoms with Gasteiger partial charge in [0.15, 0.2) is 0 Å². The van der Waals surface area contributed by atoms with Crippen molar-refractivity contribution in [3.8, 4) is 0 Å². The minimum atomic E-state index is -4.94. The Hall–Kier alpha value is 0.180. The van der Waals surface area contributed by atoms with Crippen LogP contribution in [0.15, 0.2) is 0 Å². The third-order valence-corrected chi connectivity index (χ3v) is 7.09. The number of halogens is 2. The topological polar surface area (TPSA) is 193 Å². The first-order chi connectivity index (χ1) is 12.8. The molecular formula is C16H30Cl2N2O8. The van der Waals surface area contributed by atoms with Crippen LogP contribution in [0.5, 0.6) is 0 Å². The van der Waals surface area contributed by atoms with E-state index in [0.29, 0.717) is 5.54 Å². The van der Waals surface area contributed by atoms with Crippen molar-refractivity contribution in [2.75, 3.05) is 26.2 Å². The van der Waals surface area contributed by atoms with E-state index in [-0.39, 0.29) is 0 Å². The Kier molecular flexibility index (Phi) is 8.33. The van der Waals surface area contributed by atoms with Crippen LogP contribution in [0.2, 0.25) is 0 Å². The second-order valence-corrected chi connectivity index (χ2v) is 10.1. The summed E-state index contributed by atoms with van der Waals surface area (Å²) in [5.41, 5.74) is 0.657. The first kappa shape index (κ1) is 24.4. The summed E-state index contributed by atoms with van der Waals surface area (Å²) in [6, 6.07) is 1.05. The Morgan fingerprint density at radius 2 is 1.36 bits per heavy atom. The molecule has 2 unspecified atom stereocenters. The largest absolute Gasteiger partial charge is 0.332 e. The Morgan fingerprint density at radius 1 is 0.786 bits per heavy atom. The molecular weight excluding hydrogens is 419 g/mol. The predicted octanol–water partition coefficient (Wildman–Crippen LogP) is -9.61. The van der Waals surface area contributed by atoms with Crippen LogP contribution < -0.4 is 47.1 Å². The molecule has 166 valence electrons. The van der Waals surface area contributed by atoms with Crippen molar-refractivity contribution in [2.45, 2.75) is 63.5 Å². The van der Waals surface area contributed by atoms with Crippen molar-refractivity contribution in [3.63, 3.8) is 0 Å². The molecule has 12 heteroatoms. The van der Waals surface area contributed by atoms with Gasteiger partial charge in [-0.2, -0.15) is 0 Å². The fourth-order valence-corrected chi connectivity index (χ4v) is 6.01. The monoisotopic (exact) mass is 448 g/mol. The lowest BCUT2D eigenvalue weighted by Crippen LogP contribution is -3.29. The molecule has 0 aromatic carbocycles. The minimum absolute atomic E-state index is 0.657. The van der Waals surface area contributed by atoms with E-state index in [0.717, 1.165) is 17.9 Å². The molecule has 0 amide bonds. The zero-order valence-electron chi connectivity index (χ0n) is 16.0. The lowest BCUT2D eigenvalue weighted by molar-refractivity contribution is -2.00. The van der Waals surface area contributed by atoms with Gasteiger partial charge in [-0.1, -0.05) is 0 Å². The van der Waals surface area contributed by atoms with Crippen LogP contribution in [0.1, 0.15) is 51.9 Å². The SMILES string of the molecule is C[C@]12CCCC[NH+]1C[C@@H]1C[C@H]2C[NH+]2CCCC[C@@H]12.[O-][Cl+3]([O-])([O-])[O-].[O-][Cl+3]([O-])([O-])[O-]. The lowest BCUT2D eigenvalue weighted by atomic mass is 9.65. The molecule has 6 atom stereocenters. The van der Waals surface area contributed by atoms with Gasteiger partial charge in [-0.05, 0) is 39.0 Å². The van der Waals surface area contributed by atoms with Crippen molar-refractivity contribution < 1.29 is 67.6 Å². The highest BCUT2D eigenvalue weighted by molar-refractivity contribution is 4.93. The van der Waals surface area contributed by atoms with E-state index in [1.165, 1.54) is 64.7 Å². The summed E-state index contributed by atoms with van der Waals surface area (Å²) in [6.07, 6.45) is 10.6. The highest BCUT2D eigenvalue weighted by Gasteiger charge is 2.57. The van der Waals surface area contributed by atoms with Crippen molar-refractivity contribution in [3.05, 3.63) is 0 Å². The molecule has 10 nitrogen and oxygen atoms in total. The van der Waals surface area contributed by atoms with E-state index in [9.17, 15) is 0 Å². The molecule has 4 aliphatic rings. The summed E-state index contributed by atoms with van der Waals surface area (Å²) in [5.74, 6) is 2.11. The van der Waals surface area contributed by atoms with Gasteiger partial charge in [-0.3, -0.25) is 0 Å². The van der Waals surface area contributed by atoms with Gasteiger partial charge in [0.05, 0.1) is 44.1 Å². The average Bonchev–Trinajstić information content (AvgIpc) is 2.53. The molecule has 0 radical (unpaired) electrons. The fourth-order valence-electron chi connectivity index (χ4n) is 6.01. The predicted molar refractivity (Wildman–Crippen MR) is 72.9 cm³/mol. The van der Waals surface area contributed by atoms with Gasteiger partial charge >= 0.3 is 0 Å². The van der Waals surface area contributed by atoms with E-state index in [1.54, 1.807) is 6.42 Å². The molecule has 28 heavy (non-hydrogen) atoms. The number of hydrogen-bond acceptors (Lipinski definition) is 8. The first-order valence-electron chi connectivity index (χ1n) is 9.70. The summed E-state index contributed by atoms with van der Waals surface area (Å²) in [7, 11) is -9.89. The van der Waals surface area contributed by atoms with Gasteiger partial charge in [0.1, 0.15) is 5.54 Å². The number of fused-ring (bicyclic) bond motifs is 6. The molecule has 4 rings (SSSR count). The molecule has 4 aliphatic heterocycles. The molecule has 0 aromatic heterocycles. The number of nitrogens with one attached hydrogen (secondary N) is 2.